The zero-order chi connectivity index (χ0) is 11.3. The van der Waals surface area contributed by atoms with Crippen molar-refractivity contribution in [2.45, 2.75) is 12.6 Å². The van der Waals surface area contributed by atoms with Gasteiger partial charge < -0.3 is 15.5 Å². The average Bonchev–Trinajstić information content (AvgIpc) is 2.23. The van der Waals surface area contributed by atoms with Crippen molar-refractivity contribution in [3.8, 4) is 0 Å². The number of benzene rings is 1. The van der Waals surface area contributed by atoms with Crippen molar-refractivity contribution in [3.05, 3.63) is 34.6 Å². The first kappa shape index (κ1) is 12.4. The molecule has 0 aromatic heterocycles. The summed E-state index contributed by atoms with van der Waals surface area (Å²) < 4.78 is 13.3. The summed E-state index contributed by atoms with van der Waals surface area (Å²) in [6.07, 6.45) is 0. The third-order valence-corrected chi connectivity index (χ3v) is 2.42. The van der Waals surface area contributed by atoms with Crippen molar-refractivity contribution in [1.82, 2.24) is 5.32 Å². The van der Waals surface area contributed by atoms with Gasteiger partial charge in [0.25, 0.3) is 0 Å². The minimum absolute atomic E-state index is 0.178. The van der Waals surface area contributed by atoms with Crippen molar-refractivity contribution < 1.29 is 14.6 Å². The molecule has 0 aliphatic heterocycles. The van der Waals surface area contributed by atoms with Crippen LogP contribution in [0, 0.1) is 5.82 Å². The highest BCUT2D eigenvalue weighted by Crippen LogP contribution is 2.18. The predicted molar refractivity (Wildman–Crippen MR) is 56.2 cm³/mol. The van der Waals surface area contributed by atoms with Crippen LogP contribution in [0.5, 0.6) is 0 Å². The van der Waals surface area contributed by atoms with Crippen LogP contribution in [0.25, 0.3) is 0 Å². The summed E-state index contributed by atoms with van der Waals surface area (Å²) in [6, 6.07) is 3.97. The molecule has 0 radical (unpaired) electrons. The fourth-order valence-corrected chi connectivity index (χ4v) is 1.36. The summed E-state index contributed by atoms with van der Waals surface area (Å²) >= 11 is 5.79. The molecular formula is C10H13ClFNO2. The van der Waals surface area contributed by atoms with Crippen LogP contribution in [0.2, 0.25) is 5.02 Å². The van der Waals surface area contributed by atoms with Gasteiger partial charge in [0, 0.05) is 17.1 Å². The monoisotopic (exact) mass is 233 g/mol. The lowest BCUT2D eigenvalue weighted by Gasteiger charge is -2.14. The van der Waals surface area contributed by atoms with Crippen molar-refractivity contribution in [1.29, 1.82) is 0 Å². The third kappa shape index (κ3) is 3.43. The van der Waals surface area contributed by atoms with E-state index in [4.69, 9.17) is 21.8 Å². The van der Waals surface area contributed by atoms with E-state index in [1.54, 1.807) is 6.07 Å². The second-order valence-electron chi connectivity index (χ2n) is 3.14. The molecule has 84 valence electrons. The predicted octanol–water partition coefficient (Wildman–Crippen LogP) is 0.922. The molecule has 0 aliphatic rings. The van der Waals surface area contributed by atoms with Gasteiger partial charge in [-0.05, 0) is 12.1 Å². The van der Waals surface area contributed by atoms with Gasteiger partial charge in [0.15, 0.2) is 0 Å². The Kier molecular flexibility index (Phi) is 4.98. The van der Waals surface area contributed by atoms with Gasteiger partial charge in [0.1, 0.15) is 5.82 Å². The first-order valence-corrected chi connectivity index (χ1v) is 4.94. The van der Waals surface area contributed by atoms with Crippen molar-refractivity contribution >= 4 is 11.6 Å². The molecular weight excluding hydrogens is 221 g/mol. The first-order chi connectivity index (χ1) is 7.19. The van der Waals surface area contributed by atoms with E-state index in [0.717, 1.165) is 0 Å². The molecule has 0 spiro atoms. The van der Waals surface area contributed by atoms with Crippen molar-refractivity contribution in [3.63, 3.8) is 0 Å². The fraction of sp³-hybridized carbons (Fsp3) is 0.400. The molecule has 0 bridgehead atoms. The average molecular weight is 234 g/mol. The van der Waals surface area contributed by atoms with E-state index in [-0.39, 0.29) is 19.8 Å². The quantitative estimate of drug-likeness (QED) is 0.709. The summed E-state index contributed by atoms with van der Waals surface area (Å²) in [5.41, 5.74) is 0.339. The molecule has 0 fully saturated rings. The lowest BCUT2D eigenvalue weighted by atomic mass is 10.2. The molecule has 15 heavy (non-hydrogen) atoms. The van der Waals surface area contributed by atoms with Gasteiger partial charge in [-0.15, -0.1) is 0 Å². The Morgan fingerprint density at radius 1 is 1.33 bits per heavy atom. The first-order valence-electron chi connectivity index (χ1n) is 4.57. The number of aliphatic hydroxyl groups excluding tert-OH is 2. The highest BCUT2D eigenvalue weighted by molar-refractivity contribution is 6.31. The number of nitrogens with one attached hydrogen (secondary N) is 1. The molecule has 0 aliphatic carbocycles. The van der Waals surface area contributed by atoms with Crippen molar-refractivity contribution in [2.24, 2.45) is 0 Å². The molecule has 3 N–H and O–H groups in total. The van der Waals surface area contributed by atoms with Gasteiger partial charge in [-0.3, -0.25) is 0 Å². The number of hydrogen-bond acceptors (Lipinski definition) is 3. The minimum Gasteiger partial charge on any atom is -0.395 e. The number of halogens is 2. The molecule has 0 saturated heterocycles. The van der Waals surface area contributed by atoms with Gasteiger partial charge in [0.2, 0.25) is 0 Å². The van der Waals surface area contributed by atoms with E-state index < -0.39 is 11.9 Å². The minimum atomic E-state index is -0.458. The highest BCUT2D eigenvalue weighted by atomic mass is 35.5. The molecule has 0 heterocycles. The zero-order valence-electron chi connectivity index (χ0n) is 8.08. The zero-order valence-corrected chi connectivity index (χ0v) is 8.84. The molecule has 1 aromatic carbocycles. The van der Waals surface area contributed by atoms with Gasteiger partial charge in [0.05, 0.1) is 19.3 Å². The second-order valence-corrected chi connectivity index (χ2v) is 3.55. The van der Waals surface area contributed by atoms with Gasteiger partial charge in [-0.25, -0.2) is 4.39 Å². The Morgan fingerprint density at radius 3 is 2.53 bits per heavy atom. The van der Waals surface area contributed by atoms with Crippen molar-refractivity contribution in [2.75, 3.05) is 13.2 Å². The topological polar surface area (TPSA) is 52.5 Å². The van der Waals surface area contributed by atoms with Gasteiger partial charge in [-0.2, -0.15) is 0 Å². The number of aliphatic hydroxyl groups is 2. The smallest absolute Gasteiger partial charge is 0.129 e. The molecule has 0 unspecified atom stereocenters. The lowest BCUT2D eigenvalue weighted by molar-refractivity contribution is 0.170. The molecule has 3 nitrogen and oxygen atoms in total. The highest BCUT2D eigenvalue weighted by Gasteiger charge is 2.09. The van der Waals surface area contributed by atoms with Gasteiger partial charge in [-0.1, -0.05) is 17.7 Å². The Morgan fingerprint density at radius 2 is 2.00 bits per heavy atom. The van der Waals surface area contributed by atoms with Crippen LogP contribution in [0.3, 0.4) is 0 Å². The van der Waals surface area contributed by atoms with Gasteiger partial charge >= 0.3 is 0 Å². The maximum atomic E-state index is 13.3. The standard InChI is InChI=1S/C10H13ClFNO2/c11-9-2-1-3-10(12)8(9)4-13-7(5-14)6-15/h1-3,7,13-15H,4-6H2. The van der Waals surface area contributed by atoms with Crippen LogP contribution in [0.15, 0.2) is 18.2 Å². The second kappa shape index (κ2) is 6.02. The summed E-state index contributed by atoms with van der Waals surface area (Å²) in [5, 5.41) is 20.7. The molecule has 5 heteroatoms. The normalized spacial score (nSPS) is 11.0. The van der Waals surface area contributed by atoms with Crippen LogP contribution in [-0.2, 0) is 6.54 Å². The van der Waals surface area contributed by atoms with Crippen LogP contribution < -0.4 is 5.32 Å². The van der Waals surface area contributed by atoms with E-state index in [1.807, 2.05) is 0 Å². The number of rotatable bonds is 5. The fourth-order valence-electron chi connectivity index (χ4n) is 1.13. The van der Waals surface area contributed by atoms with Crippen LogP contribution in [0.1, 0.15) is 5.56 Å². The summed E-state index contributed by atoms with van der Waals surface area (Å²) in [5.74, 6) is -0.398. The van der Waals surface area contributed by atoms with E-state index in [0.29, 0.717) is 10.6 Å². The maximum absolute atomic E-state index is 13.3. The molecule has 1 aromatic rings. The molecule has 0 saturated carbocycles. The molecule has 1 rings (SSSR count). The summed E-state index contributed by atoms with van der Waals surface area (Å²) in [4.78, 5) is 0. The van der Waals surface area contributed by atoms with Crippen LogP contribution in [0.4, 0.5) is 4.39 Å². The molecule has 0 atom stereocenters. The Bertz CT molecular complexity index is 298. The van der Waals surface area contributed by atoms with E-state index >= 15 is 0 Å². The van der Waals surface area contributed by atoms with E-state index in [9.17, 15) is 4.39 Å². The van der Waals surface area contributed by atoms with E-state index in [2.05, 4.69) is 5.32 Å². The largest absolute Gasteiger partial charge is 0.395 e. The Hall–Kier alpha value is -0.680. The SMILES string of the molecule is OCC(CO)NCc1c(F)cccc1Cl. The van der Waals surface area contributed by atoms with Crippen LogP contribution >= 0.6 is 11.6 Å². The van der Waals surface area contributed by atoms with E-state index in [1.165, 1.54) is 12.1 Å². The molecule has 0 amide bonds. The Balaban J connectivity index is 2.64. The number of hydrogen-bond donors (Lipinski definition) is 3. The summed E-state index contributed by atoms with van der Waals surface area (Å²) in [6.45, 7) is -0.234. The lowest BCUT2D eigenvalue weighted by Crippen LogP contribution is -2.35. The summed E-state index contributed by atoms with van der Waals surface area (Å²) in [7, 11) is 0. The van der Waals surface area contributed by atoms with Crippen LogP contribution in [-0.4, -0.2) is 29.5 Å². The maximum Gasteiger partial charge on any atom is 0.129 e. The Labute approximate surface area is 92.5 Å². The third-order valence-electron chi connectivity index (χ3n) is 2.07.